The number of Topliss-reactive ketones (excluding diaryl/α,β-unsaturated/α-hetero) is 1. The number of hydrogen-bond donors (Lipinski definition) is 2. The number of carbonyl (C=O) groups is 2. The molecule has 0 atom stereocenters. The van der Waals surface area contributed by atoms with E-state index in [0.717, 1.165) is 5.56 Å². The first-order chi connectivity index (χ1) is 14.8. The van der Waals surface area contributed by atoms with Crippen molar-refractivity contribution in [3.8, 4) is 5.75 Å². The number of amides is 1. The van der Waals surface area contributed by atoms with Gasteiger partial charge >= 0.3 is 0 Å². The molecule has 160 valence electrons. The van der Waals surface area contributed by atoms with E-state index in [1.165, 1.54) is 37.4 Å². The first kappa shape index (κ1) is 22.0. The highest BCUT2D eigenvalue weighted by Crippen LogP contribution is 2.23. The number of hydrogen-bond acceptors (Lipinski definition) is 5. The molecule has 3 rings (SSSR count). The minimum Gasteiger partial charge on any atom is -0.495 e. The molecule has 0 aromatic heterocycles. The molecular weight excluding hydrogens is 416 g/mol. The van der Waals surface area contributed by atoms with Crippen molar-refractivity contribution in [1.82, 2.24) is 0 Å². The zero-order chi connectivity index (χ0) is 22.4. The molecule has 0 saturated carbocycles. The van der Waals surface area contributed by atoms with Crippen LogP contribution in [0, 0.1) is 6.92 Å². The van der Waals surface area contributed by atoms with Crippen molar-refractivity contribution in [2.75, 3.05) is 17.1 Å². The van der Waals surface area contributed by atoms with Crippen LogP contribution in [0.25, 0.3) is 0 Å². The normalized spacial score (nSPS) is 10.9. The molecule has 7 nitrogen and oxygen atoms in total. The lowest BCUT2D eigenvalue weighted by Gasteiger charge is -2.11. The zero-order valence-corrected chi connectivity index (χ0v) is 17.9. The number of aryl methyl sites for hydroxylation is 1. The number of nitrogens with one attached hydrogen (secondary N) is 2. The van der Waals surface area contributed by atoms with Crippen molar-refractivity contribution in [2.24, 2.45) is 0 Å². The number of sulfonamides is 1. The van der Waals surface area contributed by atoms with Gasteiger partial charge < -0.3 is 10.1 Å². The van der Waals surface area contributed by atoms with Gasteiger partial charge in [0.25, 0.3) is 10.0 Å². The number of benzene rings is 3. The molecule has 3 aromatic rings. The van der Waals surface area contributed by atoms with E-state index in [9.17, 15) is 18.0 Å². The van der Waals surface area contributed by atoms with Crippen LogP contribution >= 0.6 is 0 Å². The van der Waals surface area contributed by atoms with Gasteiger partial charge in [-0.1, -0.05) is 42.0 Å². The Kier molecular flexibility index (Phi) is 6.71. The van der Waals surface area contributed by atoms with Gasteiger partial charge in [-0.3, -0.25) is 14.3 Å². The Labute approximate surface area is 181 Å². The molecule has 0 heterocycles. The Hall–Kier alpha value is -3.65. The lowest BCUT2D eigenvalue weighted by Crippen LogP contribution is -2.17. The zero-order valence-electron chi connectivity index (χ0n) is 17.1. The van der Waals surface area contributed by atoms with Crippen LogP contribution < -0.4 is 14.8 Å². The van der Waals surface area contributed by atoms with E-state index in [-0.39, 0.29) is 16.1 Å². The van der Waals surface area contributed by atoms with E-state index in [2.05, 4.69) is 10.0 Å². The van der Waals surface area contributed by atoms with Gasteiger partial charge in [0.1, 0.15) is 5.75 Å². The average Bonchev–Trinajstić information content (AvgIpc) is 2.74. The molecule has 0 unspecified atom stereocenters. The minimum absolute atomic E-state index is 0.117. The summed E-state index contributed by atoms with van der Waals surface area (Å²) in [4.78, 5) is 25.0. The smallest absolute Gasteiger partial charge is 0.261 e. The molecule has 0 saturated heterocycles. The van der Waals surface area contributed by atoms with Gasteiger partial charge in [-0.05, 0) is 43.3 Å². The van der Waals surface area contributed by atoms with Crippen molar-refractivity contribution in [2.45, 2.75) is 18.2 Å². The maximum atomic E-state index is 12.6. The Morgan fingerprint density at radius 3 is 2.35 bits per heavy atom. The van der Waals surface area contributed by atoms with Crippen molar-refractivity contribution in [3.63, 3.8) is 0 Å². The quantitative estimate of drug-likeness (QED) is 0.409. The number of anilines is 2. The standard InChI is InChI=1S/C23H22N2O5S/c1-16-10-12-19(13-11-16)31(28,29)25-18-7-5-6-17(14-18)21(26)15-23(27)24-20-8-3-4-9-22(20)30-2/h3-14,25H,15H2,1-2H3,(H,24,27). The molecule has 0 aliphatic heterocycles. The van der Waals surface area contributed by atoms with Gasteiger partial charge in [0.05, 0.1) is 24.1 Å². The van der Waals surface area contributed by atoms with E-state index >= 15 is 0 Å². The third-order valence-electron chi connectivity index (χ3n) is 4.47. The van der Waals surface area contributed by atoms with Gasteiger partial charge in [-0.25, -0.2) is 8.42 Å². The van der Waals surface area contributed by atoms with Crippen LogP contribution in [0.5, 0.6) is 5.75 Å². The summed E-state index contributed by atoms with van der Waals surface area (Å²) in [5.74, 6) is -0.459. The number of ether oxygens (including phenoxy) is 1. The highest BCUT2D eigenvalue weighted by atomic mass is 32.2. The van der Waals surface area contributed by atoms with Gasteiger partial charge in [0.2, 0.25) is 5.91 Å². The van der Waals surface area contributed by atoms with Gasteiger partial charge in [0.15, 0.2) is 5.78 Å². The fraction of sp³-hybridized carbons (Fsp3) is 0.130. The summed E-state index contributed by atoms with van der Waals surface area (Å²) in [7, 11) is -2.31. The Morgan fingerprint density at radius 2 is 1.65 bits per heavy atom. The summed E-state index contributed by atoms with van der Waals surface area (Å²) in [5.41, 5.74) is 1.86. The minimum atomic E-state index is -3.80. The van der Waals surface area contributed by atoms with Crippen LogP contribution in [-0.2, 0) is 14.8 Å². The second kappa shape index (κ2) is 9.44. The maximum Gasteiger partial charge on any atom is 0.261 e. The summed E-state index contributed by atoms with van der Waals surface area (Å²) in [6.45, 7) is 1.86. The monoisotopic (exact) mass is 438 g/mol. The van der Waals surface area contributed by atoms with Crippen LogP contribution in [-0.4, -0.2) is 27.2 Å². The van der Waals surface area contributed by atoms with Crippen molar-refractivity contribution in [1.29, 1.82) is 0 Å². The highest BCUT2D eigenvalue weighted by molar-refractivity contribution is 7.92. The lowest BCUT2D eigenvalue weighted by molar-refractivity contribution is -0.115. The van der Waals surface area contributed by atoms with E-state index in [1.54, 1.807) is 42.5 Å². The summed E-state index contributed by atoms with van der Waals surface area (Å²) in [6.07, 6.45) is -0.397. The maximum absolute atomic E-state index is 12.6. The van der Waals surface area contributed by atoms with Crippen LogP contribution in [0.3, 0.4) is 0 Å². The van der Waals surface area contributed by atoms with E-state index < -0.39 is 28.1 Å². The number of rotatable bonds is 8. The molecule has 0 bridgehead atoms. The fourth-order valence-electron chi connectivity index (χ4n) is 2.88. The highest BCUT2D eigenvalue weighted by Gasteiger charge is 2.17. The average molecular weight is 439 g/mol. The lowest BCUT2D eigenvalue weighted by atomic mass is 10.1. The summed E-state index contributed by atoms with van der Waals surface area (Å²) >= 11 is 0. The molecule has 0 aliphatic rings. The number of para-hydroxylation sites is 2. The first-order valence-corrected chi connectivity index (χ1v) is 10.9. The number of carbonyl (C=O) groups excluding carboxylic acids is 2. The Balaban J connectivity index is 1.70. The predicted molar refractivity (Wildman–Crippen MR) is 119 cm³/mol. The largest absolute Gasteiger partial charge is 0.495 e. The Bertz CT molecular complexity index is 1200. The van der Waals surface area contributed by atoms with Crippen molar-refractivity contribution < 1.29 is 22.7 Å². The Morgan fingerprint density at radius 1 is 0.935 bits per heavy atom. The molecule has 0 fully saturated rings. The molecule has 3 aromatic carbocycles. The molecular formula is C23H22N2O5S. The van der Waals surface area contributed by atoms with Gasteiger partial charge in [-0.2, -0.15) is 0 Å². The van der Waals surface area contributed by atoms with Crippen molar-refractivity contribution in [3.05, 3.63) is 83.9 Å². The van der Waals surface area contributed by atoms with E-state index in [0.29, 0.717) is 11.4 Å². The van der Waals surface area contributed by atoms with E-state index in [1.807, 2.05) is 6.92 Å². The summed E-state index contributed by atoms with van der Waals surface area (Å²) in [6, 6.07) is 19.3. The van der Waals surface area contributed by atoms with Crippen LogP contribution in [0.4, 0.5) is 11.4 Å². The van der Waals surface area contributed by atoms with Gasteiger partial charge in [0, 0.05) is 11.3 Å². The summed E-state index contributed by atoms with van der Waals surface area (Å²) < 4.78 is 32.8. The SMILES string of the molecule is COc1ccccc1NC(=O)CC(=O)c1cccc(NS(=O)(=O)c2ccc(C)cc2)c1. The molecule has 0 aliphatic carbocycles. The molecule has 8 heteroatoms. The molecule has 0 radical (unpaired) electrons. The topological polar surface area (TPSA) is 102 Å². The second-order valence-electron chi connectivity index (χ2n) is 6.85. The van der Waals surface area contributed by atoms with Crippen molar-refractivity contribution >= 4 is 33.1 Å². The van der Waals surface area contributed by atoms with Crippen LogP contribution in [0.1, 0.15) is 22.3 Å². The number of methoxy groups -OCH3 is 1. The molecule has 2 N–H and O–H groups in total. The first-order valence-electron chi connectivity index (χ1n) is 9.44. The van der Waals surface area contributed by atoms with Crippen LogP contribution in [0.2, 0.25) is 0 Å². The summed E-state index contributed by atoms with van der Waals surface area (Å²) in [5, 5.41) is 2.64. The van der Waals surface area contributed by atoms with E-state index in [4.69, 9.17) is 4.74 Å². The molecule has 1 amide bonds. The van der Waals surface area contributed by atoms with Crippen LogP contribution in [0.15, 0.2) is 77.7 Å². The predicted octanol–water partition coefficient (Wildman–Crippen LogP) is 4.02. The molecule has 0 spiro atoms. The van der Waals surface area contributed by atoms with Gasteiger partial charge in [-0.15, -0.1) is 0 Å². The third kappa shape index (κ3) is 5.70. The molecule has 31 heavy (non-hydrogen) atoms. The second-order valence-corrected chi connectivity index (χ2v) is 8.53. The number of ketones is 1. The third-order valence-corrected chi connectivity index (χ3v) is 5.87. The fourth-order valence-corrected chi connectivity index (χ4v) is 3.93.